The summed E-state index contributed by atoms with van der Waals surface area (Å²) in [5.41, 5.74) is 0. The second-order valence-electron chi connectivity index (χ2n) is 11.5. The second-order valence-corrected chi connectivity index (χ2v) is 11.5. The average Bonchev–Trinajstić information content (AvgIpc) is 2.87. The van der Waals surface area contributed by atoms with Crippen molar-refractivity contribution in [3.63, 3.8) is 0 Å². The zero-order valence-electron chi connectivity index (χ0n) is 24.5. The van der Waals surface area contributed by atoms with Crippen LogP contribution in [-0.2, 0) is 4.79 Å². The minimum Gasteiger partial charge on any atom is -0.291 e. The van der Waals surface area contributed by atoms with Crippen molar-refractivity contribution in [3.05, 3.63) is 0 Å². The minimum absolute atomic E-state index is 0.638. The zero-order valence-corrected chi connectivity index (χ0v) is 24.5. The highest BCUT2D eigenvalue weighted by Gasteiger charge is 1.97. The molecule has 0 unspecified atom stereocenters. The van der Waals surface area contributed by atoms with E-state index in [1.807, 2.05) is 6.29 Å². The van der Waals surface area contributed by atoms with E-state index in [0.717, 1.165) is 6.42 Å². The van der Waals surface area contributed by atoms with Gasteiger partial charge in [0, 0.05) is 6.42 Å². The van der Waals surface area contributed by atoms with Crippen LogP contribution >= 0.6 is 0 Å². The molecular weight excluding hydrogens is 424 g/mol. The summed E-state index contributed by atoms with van der Waals surface area (Å²) in [6, 6.07) is 0. The van der Waals surface area contributed by atoms with Gasteiger partial charge in [-0.25, -0.2) is 0 Å². The molecule has 0 rings (SSSR count). The molecule has 0 aromatic carbocycles. The third kappa shape index (κ3) is 33.7. The Kier molecular flexibility index (Phi) is 33.4. The topological polar surface area (TPSA) is 17.1 Å². The van der Waals surface area contributed by atoms with Gasteiger partial charge in [-0.2, -0.15) is 0 Å². The van der Waals surface area contributed by atoms with Crippen LogP contribution in [0.3, 0.4) is 0 Å². The predicted molar refractivity (Wildman–Crippen MR) is 159 cm³/mol. The van der Waals surface area contributed by atoms with Gasteiger partial charge in [-0.15, -0.1) is 0 Å². The first kappa shape index (κ1) is 34.7. The van der Waals surface area contributed by atoms with Crippen molar-refractivity contribution in [1.82, 2.24) is 0 Å². The molecule has 35 heavy (non-hydrogen) atoms. The molecule has 0 aromatic rings. The van der Waals surface area contributed by atoms with E-state index in [-0.39, 0.29) is 0 Å². The fourth-order valence-corrected chi connectivity index (χ4v) is 5.40. The van der Waals surface area contributed by atoms with Crippen LogP contribution in [0.1, 0.15) is 212 Å². The van der Waals surface area contributed by atoms with Crippen molar-refractivity contribution in [1.29, 1.82) is 0 Å². The lowest BCUT2D eigenvalue weighted by molar-refractivity contribution is 0.512. The second kappa shape index (κ2) is 33.7. The fraction of sp³-hybridized carbons (Fsp3) is 0.971. The lowest BCUT2D eigenvalue weighted by Gasteiger charge is -2.04. The first-order chi connectivity index (χ1) is 17.4. The van der Waals surface area contributed by atoms with Crippen molar-refractivity contribution in [3.8, 4) is 0 Å². The molecule has 0 bridgehead atoms. The van der Waals surface area contributed by atoms with Crippen molar-refractivity contribution in [2.45, 2.75) is 212 Å². The van der Waals surface area contributed by atoms with Crippen LogP contribution in [0.15, 0.2) is 0 Å². The maximum Gasteiger partial charge on any atom is 0.198 e. The van der Waals surface area contributed by atoms with Gasteiger partial charge in [-0.3, -0.25) is 4.79 Å². The van der Waals surface area contributed by atoms with Crippen molar-refractivity contribution < 1.29 is 4.79 Å². The number of hydrogen-bond acceptors (Lipinski definition) is 1. The van der Waals surface area contributed by atoms with Gasteiger partial charge >= 0.3 is 0 Å². The molecule has 1 nitrogen and oxygen atoms in total. The summed E-state index contributed by atoms with van der Waals surface area (Å²) in [4.78, 5) is 10.1. The first-order valence-corrected chi connectivity index (χ1v) is 16.8. The van der Waals surface area contributed by atoms with Crippen LogP contribution in [0.2, 0.25) is 0 Å². The van der Waals surface area contributed by atoms with E-state index in [1.165, 1.54) is 193 Å². The van der Waals surface area contributed by atoms with Crippen molar-refractivity contribution in [2.24, 2.45) is 0 Å². The van der Waals surface area contributed by atoms with Crippen LogP contribution < -0.4 is 0 Å². The average molecular weight is 492 g/mol. The van der Waals surface area contributed by atoms with E-state index in [2.05, 4.69) is 6.92 Å². The summed E-state index contributed by atoms with van der Waals surface area (Å²) < 4.78 is 0. The number of carbonyl (C=O) groups excluding carboxylic acids is 1. The molecule has 0 atom stereocenters. The van der Waals surface area contributed by atoms with Gasteiger partial charge < -0.3 is 0 Å². The molecule has 0 aromatic heterocycles. The van der Waals surface area contributed by atoms with Crippen LogP contribution in [0, 0.1) is 0 Å². The summed E-state index contributed by atoms with van der Waals surface area (Å²) in [5.74, 6) is 0. The van der Waals surface area contributed by atoms with E-state index in [9.17, 15) is 4.79 Å². The van der Waals surface area contributed by atoms with Gasteiger partial charge in [0.2, 0.25) is 0 Å². The fourth-order valence-electron chi connectivity index (χ4n) is 5.40. The van der Waals surface area contributed by atoms with Crippen molar-refractivity contribution >= 4 is 6.29 Å². The molecule has 0 heterocycles. The molecular formula is C34H67O. The molecule has 0 aliphatic rings. The van der Waals surface area contributed by atoms with Crippen LogP contribution in [0.25, 0.3) is 0 Å². The quantitative estimate of drug-likeness (QED) is 0.0855. The molecule has 209 valence electrons. The monoisotopic (exact) mass is 492 g/mol. The Morgan fingerprint density at radius 1 is 0.286 bits per heavy atom. The SMILES string of the molecule is CCCCCCCCCCCCCCCCCCCCCCCCCCCCCCCCC[C]=O. The Bertz CT molecular complexity index is 364. The maximum atomic E-state index is 10.1. The molecule has 0 aliphatic carbocycles. The van der Waals surface area contributed by atoms with Gasteiger partial charge in [-0.05, 0) is 6.42 Å². The summed E-state index contributed by atoms with van der Waals surface area (Å²) in [7, 11) is 0. The van der Waals surface area contributed by atoms with E-state index in [4.69, 9.17) is 0 Å². The molecule has 1 radical (unpaired) electrons. The molecule has 0 N–H and O–H groups in total. The molecule has 0 amide bonds. The lowest BCUT2D eigenvalue weighted by Crippen LogP contribution is -1.85. The smallest absolute Gasteiger partial charge is 0.198 e. The Balaban J connectivity index is 3.00. The summed E-state index contributed by atoms with van der Waals surface area (Å²) >= 11 is 0. The first-order valence-electron chi connectivity index (χ1n) is 16.8. The Morgan fingerprint density at radius 2 is 0.457 bits per heavy atom. The van der Waals surface area contributed by atoms with E-state index >= 15 is 0 Å². The summed E-state index contributed by atoms with van der Waals surface area (Å²) in [6.07, 6.45) is 47.1. The lowest BCUT2D eigenvalue weighted by atomic mass is 10.0. The Morgan fingerprint density at radius 3 is 0.629 bits per heavy atom. The summed E-state index contributed by atoms with van der Waals surface area (Å²) in [6.45, 7) is 2.30. The molecule has 0 fully saturated rings. The normalized spacial score (nSPS) is 11.3. The zero-order chi connectivity index (χ0) is 25.3. The molecule has 0 saturated carbocycles. The highest BCUT2D eigenvalue weighted by Crippen LogP contribution is 2.16. The molecule has 1 heteroatoms. The molecule has 0 spiro atoms. The van der Waals surface area contributed by atoms with Crippen LogP contribution in [-0.4, -0.2) is 6.29 Å². The van der Waals surface area contributed by atoms with E-state index in [1.54, 1.807) is 0 Å². The van der Waals surface area contributed by atoms with E-state index in [0.29, 0.717) is 6.42 Å². The van der Waals surface area contributed by atoms with Gasteiger partial charge in [0.15, 0.2) is 6.29 Å². The number of rotatable bonds is 32. The van der Waals surface area contributed by atoms with Crippen molar-refractivity contribution in [2.75, 3.05) is 0 Å². The Hall–Kier alpha value is -0.330. The molecule has 0 aliphatic heterocycles. The Labute approximate surface area is 223 Å². The summed E-state index contributed by atoms with van der Waals surface area (Å²) in [5, 5.41) is 0. The van der Waals surface area contributed by atoms with Gasteiger partial charge in [0.05, 0.1) is 0 Å². The number of unbranched alkanes of at least 4 members (excludes halogenated alkanes) is 31. The number of hydrogen-bond donors (Lipinski definition) is 0. The largest absolute Gasteiger partial charge is 0.291 e. The van der Waals surface area contributed by atoms with Crippen LogP contribution in [0.5, 0.6) is 0 Å². The highest BCUT2D eigenvalue weighted by atomic mass is 16.1. The van der Waals surface area contributed by atoms with E-state index < -0.39 is 0 Å². The third-order valence-electron chi connectivity index (χ3n) is 7.88. The van der Waals surface area contributed by atoms with Gasteiger partial charge in [0.1, 0.15) is 0 Å². The maximum absolute atomic E-state index is 10.1. The van der Waals surface area contributed by atoms with Gasteiger partial charge in [0.25, 0.3) is 0 Å². The third-order valence-corrected chi connectivity index (χ3v) is 7.88. The van der Waals surface area contributed by atoms with Crippen LogP contribution in [0.4, 0.5) is 0 Å². The molecule has 0 saturated heterocycles. The standard InChI is InChI=1S/C34H67O/c1-2-3-4-5-6-7-8-9-10-11-12-13-14-15-16-17-18-19-20-21-22-23-24-25-26-27-28-29-30-31-32-33-34-35/h2-33H2,1H3. The minimum atomic E-state index is 0.638. The predicted octanol–water partition coefficient (Wildman–Crippen LogP) is 12.6. The van der Waals surface area contributed by atoms with Gasteiger partial charge in [-0.1, -0.05) is 200 Å². The highest BCUT2D eigenvalue weighted by molar-refractivity contribution is 5.50.